The van der Waals surface area contributed by atoms with Gasteiger partial charge in [0.25, 0.3) is 0 Å². The lowest BCUT2D eigenvalue weighted by Crippen LogP contribution is -2.34. The summed E-state index contributed by atoms with van der Waals surface area (Å²) in [6.07, 6.45) is 3.71. The van der Waals surface area contributed by atoms with E-state index in [9.17, 15) is 8.42 Å². The summed E-state index contributed by atoms with van der Waals surface area (Å²) in [5.41, 5.74) is 0. The number of methoxy groups -OCH3 is 1. The van der Waals surface area contributed by atoms with Crippen LogP contribution in [0.5, 0.6) is 0 Å². The standard InChI is InChI=1S/C14H24N2O3S2/c1-3-7-15-10-13-14(6-8-20-13)21(17,18)16-11-4-5-12(9-11)19-2/h6,8,11-12,15-16H,3-5,7,9-10H2,1-2H3. The summed E-state index contributed by atoms with van der Waals surface area (Å²) in [6.45, 7) is 3.59. The second-order valence-corrected chi connectivity index (χ2v) is 8.06. The molecule has 0 aromatic carbocycles. The van der Waals surface area contributed by atoms with Crippen molar-refractivity contribution in [1.29, 1.82) is 0 Å². The van der Waals surface area contributed by atoms with Gasteiger partial charge in [0.05, 0.1) is 11.0 Å². The summed E-state index contributed by atoms with van der Waals surface area (Å²) in [7, 11) is -1.76. The van der Waals surface area contributed by atoms with Crippen molar-refractivity contribution < 1.29 is 13.2 Å². The predicted octanol–water partition coefficient (Wildman–Crippen LogP) is 2.09. The molecule has 1 aliphatic carbocycles. The van der Waals surface area contributed by atoms with Gasteiger partial charge in [0.2, 0.25) is 10.0 Å². The van der Waals surface area contributed by atoms with Crippen molar-refractivity contribution >= 4 is 21.4 Å². The predicted molar refractivity (Wildman–Crippen MR) is 85.1 cm³/mol. The van der Waals surface area contributed by atoms with Gasteiger partial charge in [-0.25, -0.2) is 13.1 Å². The molecule has 1 heterocycles. The molecule has 1 aliphatic rings. The van der Waals surface area contributed by atoms with Crippen LogP contribution in [0.4, 0.5) is 0 Å². The van der Waals surface area contributed by atoms with Crippen LogP contribution < -0.4 is 10.0 Å². The van der Waals surface area contributed by atoms with Crippen LogP contribution in [0.3, 0.4) is 0 Å². The highest BCUT2D eigenvalue weighted by Gasteiger charge is 2.29. The van der Waals surface area contributed by atoms with Gasteiger partial charge < -0.3 is 10.1 Å². The van der Waals surface area contributed by atoms with Crippen molar-refractivity contribution in [2.75, 3.05) is 13.7 Å². The quantitative estimate of drug-likeness (QED) is 0.715. The normalized spacial score (nSPS) is 22.8. The zero-order valence-electron chi connectivity index (χ0n) is 12.6. The minimum absolute atomic E-state index is 0.0173. The topological polar surface area (TPSA) is 67.4 Å². The van der Waals surface area contributed by atoms with E-state index in [2.05, 4.69) is 17.0 Å². The maximum atomic E-state index is 12.5. The molecule has 1 aromatic rings. The Morgan fingerprint density at radius 2 is 2.24 bits per heavy atom. The number of rotatable bonds is 8. The van der Waals surface area contributed by atoms with E-state index in [-0.39, 0.29) is 12.1 Å². The van der Waals surface area contributed by atoms with Gasteiger partial charge in [0.15, 0.2) is 0 Å². The summed E-state index contributed by atoms with van der Waals surface area (Å²) in [5, 5.41) is 5.10. The Morgan fingerprint density at radius 3 is 2.90 bits per heavy atom. The van der Waals surface area contributed by atoms with E-state index in [1.165, 1.54) is 11.3 Å². The Morgan fingerprint density at radius 1 is 1.43 bits per heavy atom. The first-order valence-electron chi connectivity index (χ1n) is 7.39. The van der Waals surface area contributed by atoms with Crippen molar-refractivity contribution in [3.05, 3.63) is 16.3 Å². The van der Waals surface area contributed by atoms with Crippen molar-refractivity contribution in [2.24, 2.45) is 0 Å². The second-order valence-electron chi connectivity index (χ2n) is 5.37. The molecule has 2 rings (SSSR count). The van der Waals surface area contributed by atoms with Crippen molar-refractivity contribution in [3.8, 4) is 0 Å². The van der Waals surface area contributed by atoms with Gasteiger partial charge in [-0.3, -0.25) is 0 Å². The van der Waals surface area contributed by atoms with E-state index in [0.717, 1.165) is 37.1 Å². The highest BCUT2D eigenvalue weighted by Crippen LogP contribution is 2.26. The van der Waals surface area contributed by atoms with Crippen molar-refractivity contribution in [3.63, 3.8) is 0 Å². The molecule has 0 spiro atoms. The van der Waals surface area contributed by atoms with Crippen LogP contribution in [0.1, 0.15) is 37.5 Å². The summed E-state index contributed by atoms with van der Waals surface area (Å²) in [6, 6.07) is 1.68. The molecule has 5 nitrogen and oxygen atoms in total. The fourth-order valence-electron chi connectivity index (χ4n) is 2.62. The number of hydrogen-bond acceptors (Lipinski definition) is 5. The minimum atomic E-state index is -3.43. The highest BCUT2D eigenvalue weighted by atomic mass is 32.2. The van der Waals surface area contributed by atoms with E-state index in [0.29, 0.717) is 11.4 Å². The van der Waals surface area contributed by atoms with Crippen LogP contribution in [-0.2, 0) is 21.3 Å². The Kier molecular flexibility index (Phi) is 6.19. The lowest BCUT2D eigenvalue weighted by atomic mass is 10.3. The number of thiophene rings is 1. The summed E-state index contributed by atoms with van der Waals surface area (Å²) in [4.78, 5) is 1.29. The molecule has 2 atom stereocenters. The van der Waals surface area contributed by atoms with Crippen LogP contribution in [0.25, 0.3) is 0 Å². The third-order valence-corrected chi connectivity index (χ3v) is 6.40. The first-order chi connectivity index (χ1) is 10.1. The third kappa shape index (κ3) is 4.50. The molecule has 1 aromatic heterocycles. The molecule has 2 unspecified atom stereocenters. The summed E-state index contributed by atoms with van der Waals surface area (Å²) < 4.78 is 33.2. The molecule has 120 valence electrons. The summed E-state index contributed by atoms with van der Waals surface area (Å²) in [5.74, 6) is 0. The van der Waals surface area contributed by atoms with Crippen molar-refractivity contribution in [1.82, 2.24) is 10.0 Å². The van der Waals surface area contributed by atoms with Crippen LogP contribution in [0.2, 0.25) is 0 Å². The Labute approximate surface area is 131 Å². The average molecular weight is 332 g/mol. The van der Waals surface area contributed by atoms with Crippen molar-refractivity contribution in [2.45, 2.75) is 56.2 Å². The molecule has 0 bridgehead atoms. The maximum absolute atomic E-state index is 12.5. The molecule has 7 heteroatoms. The molecule has 0 aliphatic heterocycles. The Bertz CT molecular complexity index is 542. The van der Waals surface area contributed by atoms with E-state index in [4.69, 9.17) is 4.74 Å². The molecule has 0 radical (unpaired) electrons. The smallest absolute Gasteiger partial charge is 0.241 e. The first-order valence-corrected chi connectivity index (χ1v) is 9.75. The second kappa shape index (κ2) is 7.69. The molecule has 1 saturated carbocycles. The lowest BCUT2D eigenvalue weighted by molar-refractivity contribution is 0.107. The number of hydrogen-bond donors (Lipinski definition) is 2. The molecular weight excluding hydrogens is 308 g/mol. The Balaban J connectivity index is 2.01. The minimum Gasteiger partial charge on any atom is -0.381 e. The van der Waals surface area contributed by atoms with E-state index < -0.39 is 10.0 Å². The van der Waals surface area contributed by atoms with Gasteiger partial charge in [0, 0.05) is 24.6 Å². The molecule has 21 heavy (non-hydrogen) atoms. The number of nitrogens with one attached hydrogen (secondary N) is 2. The highest BCUT2D eigenvalue weighted by molar-refractivity contribution is 7.89. The molecule has 1 fully saturated rings. The SMILES string of the molecule is CCCNCc1sccc1S(=O)(=O)NC1CCC(OC)C1. The number of ether oxygens (including phenoxy) is 1. The average Bonchev–Trinajstić information content (AvgIpc) is 3.07. The van der Waals surface area contributed by atoms with Crippen LogP contribution in [0, 0.1) is 0 Å². The Hall–Kier alpha value is -0.470. The van der Waals surface area contributed by atoms with Crippen LogP contribution in [-0.4, -0.2) is 34.2 Å². The van der Waals surface area contributed by atoms with E-state index >= 15 is 0 Å². The zero-order valence-corrected chi connectivity index (χ0v) is 14.2. The van der Waals surface area contributed by atoms with E-state index in [1.54, 1.807) is 13.2 Å². The van der Waals surface area contributed by atoms with Crippen LogP contribution >= 0.6 is 11.3 Å². The van der Waals surface area contributed by atoms with E-state index in [1.807, 2.05) is 5.38 Å². The van der Waals surface area contributed by atoms with Gasteiger partial charge in [0.1, 0.15) is 0 Å². The monoisotopic (exact) mass is 332 g/mol. The molecular formula is C14H24N2O3S2. The van der Waals surface area contributed by atoms with Gasteiger partial charge >= 0.3 is 0 Å². The lowest BCUT2D eigenvalue weighted by Gasteiger charge is -2.14. The third-order valence-electron chi connectivity index (χ3n) is 3.75. The fraction of sp³-hybridized carbons (Fsp3) is 0.714. The van der Waals surface area contributed by atoms with Gasteiger partial charge in [-0.15, -0.1) is 11.3 Å². The van der Waals surface area contributed by atoms with Crippen LogP contribution in [0.15, 0.2) is 16.3 Å². The first kappa shape index (κ1) is 16.9. The maximum Gasteiger partial charge on any atom is 0.241 e. The molecule has 0 saturated heterocycles. The van der Waals surface area contributed by atoms with Gasteiger partial charge in [-0.05, 0) is 43.7 Å². The molecule has 2 N–H and O–H groups in total. The number of sulfonamides is 1. The largest absolute Gasteiger partial charge is 0.381 e. The zero-order chi connectivity index (χ0) is 15.3. The molecule has 0 amide bonds. The van der Waals surface area contributed by atoms with Gasteiger partial charge in [-0.1, -0.05) is 6.92 Å². The summed E-state index contributed by atoms with van der Waals surface area (Å²) >= 11 is 1.48. The fourth-order valence-corrected chi connectivity index (χ4v) is 5.32. The van der Waals surface area contributed by atoms with Gasteiger partial charge in [-0.2, -0.15) is 0 Å².